The van der Waals surface area contributed by atoms with Gasteiger partial charge in [0.2, 0.25) is 5.78 Å². The summed E-state index contributed by atoms with van der Waals surface area (Å²) in [7, 11) is 0. The smallest absolute Gasteiger partial charge is 0.312 e. The average Bonchev–Trinajstić information content (AvgIpc) is 3.22. The standard InChI is InChI=1S/C28H20O8/c29-25-14-18(16-2-5-20-23(13-16)34-10-8-32-20)26-21(35-25)6-3-17-27(30)24(36-28(17)26)12-15-1-4-19-22(11-15)33-9-7-31-19/h1-6,11-13,18H,7-10,14H2/b24-12+. The fraction of sp³-hybridized carbons (Fsp3) is 0.214. The fourth-order valence-electron chi connectivity index (χ4n) is 4.97. The van der Waals surface area contributed by atoms with E-state index in [0.717, 1.165) is 11.1 Å². The van der Waals surface area contributed by atoms with Gasteiger partial charge < -0.3 is 28.4 Å². The second-order valence-electron chi connectivity index (χ2n) is 8.83. The van der Waals surface area contributed by atoms with E-state index < -0.39 is 0 Å². The highest BCUT2D eigenvalue weighted by Gasteiger charge is 2.39. The molecule has 0 N–H and O–H groups in total. The molecule has 4 aliphatic heterocycles. The third-order valence-electron chi connectivity index (χ3n) is 6.61. The number of ketones is 1. The second kappa shape index (κ2) is 8.05. The lowest BCUT2D eigenvalue weighted by Crippen LogP contribution is -2.22. The van der Waals surface area contributed by atoms with Crippen molar-refractivity contribution < 1.29 is 38.0 Å². The van der Waals surface area contributed by atoms with Crippen molar-refractivity contribution in [1.29, 1.82) is 0 Å². The molecule has 4 aliphatic rings. The molecule has 0 bridgehead atoms. The van der Waals surface area contributed by atoms with Crippen LogP contribution >= 0.6 is 0 Å². The number of carbonyl (C=O) groups is 2. The molecule has 180 valence electrons. The van der Waals surface area contributed by atoms with Gasteiger partial charge in [0.05, 0.1) is 12.0 Å². The lowest BCUT2D eigenvalue weighted by molar-refractivity contribution is -0.135. The van der Waals surface area contributed by atoms with Crippen molar-refractivity contribution in [2.24, 2.45) is 0 Å². The van der Waals surface area contributed by atoms with Gasteiger partial charge in [-0.05, 0) is 53.6 Å². The summed E-state index contributed by atoms with van der Waals surface area (Å²) < 4.78 is 34.3. The van der Waals surface area contributed by atoms with E-state index >= 15 is 0 Å². The number of Topliss-reactive ketones (excluding diaryl/α,β-unsaturated/α-hetero) is 1. The van der Waals surface area contributed by atoms with Crippen LogP contribution in [0.25, 0.3) is 6.08 Å². The predicted octanol–water partition coefficient (Wildman–Crippen LogP) is 4.29. The Morgan fingerprint density at radius 3 is 2.14 bits per heavy atom. The maximum Gasteiger partial charge on any atom is 0.312 e. The van der Waals surface area contributed by atoms with Gasteiger partial charge in [-0.3, -0.25) is 9.59 Å². The van der Waals surface area contributed by atoms with E-state index in [1.54, 1.807) is 18.2 Å². The molecule has 3 aromatic rings. The Hall–Kier alpha value is -4.46. The summed E-state index contributed by atoms with van der Waals surface area (Å²) in [6.07, 6.45) is 1.79. The summed E-state index contributed by atoms with van der Waals surface area (Å²) in [6.45, 7) is 1.93. The zero-order chi connectivity index (χ0) is 24.2. The van der Waals surface area contributed by atoms with Gasteiger partial charge in [-0.15, -0.1) is 0 Å². The molecule has 0 spiro atoms. The Labute approximate surface area is 205 Å². The number of esters is 1. The summed E-state index contributed by atoms with van der Waals surface area (Å²) in [5.74, 6) is 2.62. The maximum atomic E-state index is 13.3. The maximum absolute atomic E-state index is 13.3. The third-order valence-corrected chi connectivity index (χ3v) is 6.61. The normalized spacial score (nSPS) is 20.3. The van der Waals surface area contributed by atoms with Crippen molar-refractivity contribution in [3.05, 3.63) is 76.5 Å². The molecule has 4 heterocycles. The number of hydrogen-bond donors (Lipinski definition) is 0. The molecule has 1 unspecified atom stereocenters. The first kappa shape index (κ1) is 20.9. The van der Waals surface area contributed by atoms with Crippen molar-refractivity contribution in [2.75, 3.05) is 26.4 Å². The number of allylic oxidation sites excluding steroid dienone is 1. The molecule has 0 aliphatic carbocycles. The van der Waals surface area contributed by atoms with Crippen molar-refractivity contribution in [1.82, 2.24) is 0 Å². The van der Waals surface area contributed by atoms with Gasteiger partial charge in [0, 0.05) is 11.5 Å². The van der Waals surface area contributed by atoms with Crippen LogP contribution in [0.3, 0.4) is 0 Å². The van der Waals surface area contributed by atoms with Crippen LogP contribution < -0.4 is 28.4 Å². The Morgan fingerprint density at radius 2 is 1.36 bits per heavy atom. The molecule has 8 nitrogen and oxygen atoms in total. The number of hydrogen-bond acceptors (Lipinski definition) is 8. The van der Waals surface area contributed by atoms with E-state index in [0.29, 0.717) is 72.1 Å². The van der Waals surface area contributed by atoms with E-state index in [-0.39, 0.29) is 29.9 Å². The lowest BCUT2D eigenvalue weighted by atomic mass is 9.84. The molecule has 0 saturated heterocycles. The minimum Gasteiger partial charge on any atom is -0.486 e. The van der Waals surface area contributed by atoms with Gasteiger partial charge in [0.15, 0.2) is 28.8 Å². The van der Waals surface area contributed by atoms with E-state index in [9.17, 15) is 9.59 Å². The van der Waals surface area contributed by atoms with Crippen LogP contribution in [-0.2, 0) is 4.79 Å². The largest absolute Gasteiger partial charge is 0.486 e. The van der Waals surface area contributed by atoms with Crippen LogP contribution in [-0.4, -0.2) is 38.2 Å². The molecule has 0 saturated carbocycles. The van der Waals surface area contributed by atoms with Gasteiger partial charge in [0.1, 0.15) is 37.9 Å². The highest BCUT2D eigenvalue weighted by atomic mass is 16.6. The first-order valence-electron chi connectivity index (χ1n) is 11.7. The van der Waals surface area contributed by atoms with Crippen LogP contribution in [0, 0.1) is 0 Å². The summed E-state index contributed by atoms with van der Waals surface area (Å²) in [5.41, 5.74) is 2.70. The molecule has 0 fully saturated rings. The average molecular weight is 484 g/mol. The van der Waals surface area contributed by atoms with Crippen molar-refractivity contribution in [2.45, 2.75) is 12.3 Å². The number of rotatable bonds is 2. The van der Waals surface area contributed by atoms with Crippen LogP contribution in [0.5, 0.6) is 34.5 Å². The molecule has 8 heteroatoms. The zero-order valence-corrected chi connectivity index (χ0v) is 19.1. The van der Waals surface area contributed by atoms with Crippen molar-refractivity contribution in [3.63, 3.8) is 0 Å². The third kappa shape index (κ3) is 3.37. The highest BCUT2D eigenvalue weighted by molar-refractivity contribution is 6.15. The van der Waals surface area contributed by atoms with E-state index in [2.05, 4.69) is 0 Å². The predicted molar refractivity (Wildman–Crippen MR) is 126 cm³/mol. The van der Waals surface area contributed by atoms with Crippen LogP contribution in [0.1, 0.15) is 39.4 Å². The van der Waals surface area contributed by atoms with Crippen molar-refractivity contribution in [3.8, 4) is 34.5 Å². The molecule has 0 radical (unpaired) electrons. The van der Waals surface area contributed by atoms with Crippen LogP contribution in [0.4, 0.5) is 0 Å². The van der Waals surface area contributed by atoms with Crippen LogP contribution in [0.15, 0.2) is 54.3 Å². The summed E-state index contributed by atoms with van der Waals surface area (Å²) >= 11 is 0. The highest BCUT2D eigenvalue weighted by Crippen LogP contribution is 2.50. The number of ether oxygens (including phenoxy) is 6. The molecule has 36 heavy (non-hydrogen) atoms. The Morgan fingerprint density at radius 1 is 0.694 bits per heavy atom. The van der Waals surface area contributed by atoms with E-state index in [1.807, 2.05) is 36.4 Å². The minimum atomic E-state index is -0.367. The minimum absolute atomic E-state index is 0.113. The monoisotopic (exact) mass is 484 g/mol. The Bertz CT molecular complexity index is 1470. The first-order valence-corrected chi connectivity index (χ1v) is 11.7. The SMILES string of the molecule is O=C1CC(c2ccc3c(c2)OCCO3)c2c(ccc3c2O/C(=C/c2ccc4c(c2)OCCO4)C3=O)O1. The molecular weight excluding hydrogens is 464 g/mol. The molecule has 0 amide bonds. The molecule has 0 aromatic heterocycles. The Kier molecular flexibility index (Phi) is 4.67. The van der Waals surface area contributed by atoms with Gasteiger partial charge in [0.25, 0.3) is 0 Å². The molecule has 7 rings (SSSR count). The number of fused-ring (bicyclic) bond motifs is 5. The van der Waals surface area contributed by atoms with E-state index in [4.69, 9.17) is 28.4 Å². The quantitative estimate of drug-likeness (QED) is 0.303. The summed E-state index contributed by atoms with van der Waals surface area (Å²) in [5, 5.41) is 0. The van der Waals surface area contributed by atoms with Crippen molar-refractivity contribution >= 4 is 17.8 Å². The first-order chi connectivity index (χ1) is 17.6. The topological polar surface area (TPSA) is 89.5 Å². The summed E-state index contributed by atoms with van der Waals surface area (Å²) in [6, 6.07) is 14.4. The fourth-order valence-corrected chi connectivity index (χ4v) is 4.97. The molecule has 1 atom stereocenters. The van der Waals surface area contributed by atoms with Gasteiger partial charge in [-0.25, -0.2) is 0 Å². The van der Waals surface area contributed by atoms with Gasteiger partial charge in [-0.1, -0.05) is 12.1 Å². The second-order valence-corrected chi connectivity index (χ2v) is 8.83. The van der Waals surface area contributed by atoms with E-state index in [1.165, 1.54) is 0 Å². The van der Waals surface area contributed by atoms with Crippen LogP contribution in [0.2, 0.25) is 0 Å². The Balaban J connectivity index is 1.28. The molecular formula is C28H20O8. The van der Waals surface area contributed by atoms with Gasteiger partial charge >= 0.3 is 5.97 Å². The molecule has 3 aromatic carbocycles. The number of carbonyl (C=O) groups excluding carboxylic acids is 2. The summed E-state index contributed by atoms with van der Waals surface area (Å²) in [4.78, 5) is 25.7. The zero-order valence-electron chi connectivity index (χ0n) is 19.1. The lowest BCUT2D eigenvalue weighted by Gasteiger charge is -2.27. The number of benzene rings is 3. The van der Waals surface area contributed by atoms with Gasteiger partial charge in [-0.2, -0.15) is 0 Å².